The van der Waals surface area contributed by atoms with Crippen LogP contribution in [0.15, 0.2) is 30.6 Å². The lowest BCUT2D eigenvalue weighted by molar-refractivity contribution is 0.0328. The van der Waals surface area contributed by atoms with E-state index in [1.54, 1.807) is 11.1 Å². The quantitative estimate of drug-likeness (QED) is 0.834. The first-order valence-corrected chi connectivity index (χ1v) is 9.29. The van der Waals surface area contributed by atoms with Crippen molar-refractivity contribution in [3.05, 3.63) is 36.3 Å². The number of rotatable bonds is 4. The number of pyridine rings is 1. The second kappa shape index (κ2) is 6.26. The highest BCUT2D eigenvalue weighted by Crippen LogP contribution is 2.39. The monoisotopic (exact) mass is 354 g/mol. The smallest absolute Gasteiger partial charge is 0.410 e. The van der Waals surface area contributed by atoms with Crippen LogP contribution in [0.5, 0.6) is 0 Å². The molecule has 2 saturated heterocycles. The zero-order valence-corrected chi connectivity index (χ0v) is 14.6. The van der Waals surface area contributed by atoms with E-state index in [0.717, 1.165) is 24.5 Å². The fourth-order valence-corrected chi connectivity index (χ4v) is 3.60. The van der Waals surface area contributed by atoms with Crippen LogP contribution < -0.4 is 4.90 Å². The normalized spacial score (nSPS) is 23.2. The molecule has 8 heteroatoms. The van der Waals surface area contributed by atoms with Gasteiger partial charge in [-0.15, -0.1) is 5.10 Å². The number of nitrogens with zero attached hydrogens (tertiary/aromatic N) is 6. The third-order valence-electron chi connectivity index (χ3n) is 5.40. The summed E-state index contributed by atoms with van der Waals surface area (Å²) in [5.41, 5.74) is 1.09. The summed E-state index contributed by atoms with van der Waals surface area (Å²) in [6.45, 7) is 2.85. The van der Waals surface area contributed by atoms with E-state index in [1.807, 2.05) is 29.1 Å². The Bertz CT molecular complexity index is 784. The average Bonchev–Trinajstić information content (AvgIpc) is 3.17. The lowest BCUT2D eigenvalue weighted by Crippen LogP contribution is -2.51. The van der Waals surface area contributed by atoms with Gasteiger partial charge in [0.25, 0.3) is 0 Å². The van der Waals surface area contributed by atoms with Gasteiger partial charge in [-0.2, -0.15) is 0 Å². The third kappa shape index (κ3) is 3.00. The minimum absolute atomic E-state index is 0.0728. The molecular formula is C18H22N6O2. The maximum Gasteiger partial charge on any atom is 0.410 e. The Kier molecular flexibility index (Phi) is 3.76. The van der Waals surface area contributed by atoms with Gasteiger partial charge in [0.05, 0.1) is 18.3 Å². The van der Waals surface area contributed by atoms with Crippen LogP contribution in [0.2, 0.25) is 0 Å². The lowest BCUT2D eigenvalue weighted by atomic mass is 10.1. The lowest BCUT2D eigenvalue weighted by Gasteiger charge is -2.38. The van der Waals surface area contributed by atoms with E-state index in [1.165, 1.54) is 12.8 Å². The first kappa shape index (κ1) is 15.6. The molecule has 8 nitrogen and oxygen atoms in total. The highest BCUT2D eigenvalue weighted by Gasteiger charge is 2.37. The molecule has 136 valence electrons. The van der Waals surface area contributed by atoms with E-state index in [-0.39, 0.29) is 18.2 Å². The van der Waals surface area contributed by atoms with Crippen LogP contribution in [0, 0.1) is 0 Å². The Hall–Kier alpha value is -2.64. The van der Waals surface area contributed by atoms with Crippen LogP contribution in [-0.2, 0) is 4.74 Å². The Morgan fingerprint density at radius 1 is 1.15 bits per heavy atom. The standard InChI is InChI=1S/C18H22N6O2/c25-18(26-15-6-8-22(11-15)17-3-1-2-7-19-17)23-9-14(10-23)24-12-16(20-21-24)13-4-5-13/h1-3,7,12-15H,4-6,8-11H2. The summed E-state index contributed by atoms with van der Waals surface area (Å²) < 4.78 is 7.58. The Labute approximate surface area is 151 Å². The summed E-state index contributed by atoms with van der Waals surface area (Å²) in [4.78, 5) is 20.6. The zero-order chi connectivity index (χ0) is 17.5. The second-order valence-corrected chi connectivity index (χ2v) is 7.38. The van der Waals surface area contributed by atoms with Gasteiger partial charge in [0, 0.05) is 44.4 Å². The largest absolute Gasteiger partial charge is 0.444 e. The molecule has 4 heterocycles. The molecule has 0 bridgehead atoms. The maximum absolute atomic E-state index is 12.3. The Balaban J connectivity index is 1.10. The molecule has 2 aromatic rings. The number of hydrogen-bond acceptors (Lipinski definition) is 6. The molecule has 1 aliphatic carbocycles. The van der Waals surface area contributed by atoms with Crippen molar-refractivity contribution in [2.45, 2.75) is 37.3 Å². The SMILES string of the molecule is O=C(OC1CCN(c2ccccn2)C1)N1CC(n2cc(C3CC3)nn2)C1. The first-order valence-electron chi connectivity index (χ1n) is 9.29. The summed E-state index contributed by atoms with van der Waals surface area (Å²) >= 11 is 0. The predicted octanol–water partition coefficient (Wildman–Crippen LogP) is 1.82. The number of ether oxygens (including phenoxy) is 1. The molecule has 0 spiro atoms. The van der Waals surface area contributed by atoms with Crippen molar-refractivity contribution in [3.8, 4) is 0 Å². The molecule has 3 aliphatic rings. The fourth-order valence-electron chi connectivity index (χ4n) is 3.60. The maximum atomic E-state index is 12.3. The number of anilines is 1. The average molecular weight is 354 g/mol. The summed E-state index contributed by atoms with van der Waals surface area (Å²) in [5.74, 6) is 1.54. The summed E-state index contributed by atoms with van der Waals surface area (Å²) in [5, 5.41) is 8.45. The molecule has 0 N–H and O–H groups in total. The van der Waals surface area contributed by atoms with Crippen molar-refractivity contribution in [1.82, 2.24) is 24.9 Å². The Morgan fingerprint density at radius 3 is 2.81 bits per heavy atom. The van der Waals surface area contributed by atoms with Crippen molar-refractivity contribution in [1.29, 1.82) is 0 Å². The van der Waals surface area contributed by atoms with Crippen LogP contribution in [0.4, 0.5) is 10.6 Å². The second-order valence-electron chi connectivity index (χ2n) is 7.38. The van der Waals surface area contributed by atoms with Crippen molar-refractivity contribution in [2.24, 2.45) is 0 Å². The van der Waals surface area contributed by atoms with Crippen molar-refractivity contribution in [3.63, 3.8) is 0 Å². The van der Waals surface area contributed by atoms with Gasteiger partial charge in [-0.3, -0.25) is 0 Å². The molecule has 1 atom stereocenters. The minimum Gasteiger partial charge on any atom is -0.444 e. The van der Waals surface area contributed by atoms with Crippen molar-refractivity contribution >= 4 is 11.9 Å². The number of carbonyl (C=O) groups is 1. The predicted molar refractivity (Wildman–Crippen MR) is 93.9 cm³/mol. The zero-order valence-electron chi connectivity index (χ0n) is 14.6. The molecule has 1 amide bonds. The van der Waals surface area contributed by atoms with E-state index in [0.29, 0.717) is 25.6 Å². The van der Waals surface area contributed by atoms with E-state index in [2.05, 4.69) is 20.2 Å². The van der Waals surface area contributed by atoms with Crippen molar-refractivity contribution < 1.29 is 9.53 Å². The number of carbonyl (C=O) groups excluding carboxylic acids is 1. The highest BCUT2D eigenvalue weighted by atomic mass is 16.6. The topological polar surface area (TPSA) is 76.4 Å². The Morgan fingerprint density at radius 2 is 2.04 bits per heavy atom. The van der Waals surface area contributed by atoms with E-state index < -0.39 is 0 Å². The molecule has 0 aromatic carbocycles. The van der Waals surface area contributed by atoms with Gasteiger partial charge >= 0.3 is 6.09 Å². The molecule has 3 fully saturated rings. The molecule has 0 radical (unpaired) electrons. The number of likely N-dealkylation sites (tertiary alicyclic amines) is 1. The molecule has 1 saturated carbocycles. The highest BCUT2D eigenvalue weighted by molar-refractivity contribution is 5.69. The van der Waals surface area contributed by atoms with Crippen LogP contribution >= 0.6 is 0 Å². The van der Waals surface area contributed by atoms with Gasteiger partial charge in [0.15, 0.2) is 0 Å². The van der Waals surface area contributed by atoms with Crippen LogP contribution in [0.3, 0.4) is 0 Å². The van der Waals surface area contributed by atoms with Gasteiger partial charge in [0.1, 0.15) is 11.9 Å². The van der Waals surface area contributed by atoms with Gasteiger partial charge in [-0.05, 0) is 25.0 Å². The van der Waals surface area contributed by atoms with Gasteiger partial charge in [-0.1, -0.05) is 11.3 Å². The summed E-state index contributed by atoms with van der Waals surface area (Å²) in [6.07, 6.45) is 6.80. The summed E-state index contributed by atoms with van der Waals surface area (Å²) in [6, 6.07) is 6.08. The third-order valence-corrected chi connectivity index (χ3v) is 5.40. The molecule has 2 aromatic heterocycles. The van der Waals surface area contributed by atoms with Gasteiger partial charge < -0.3 is 14.5 Å². The minimum atomic E-state index is -0.225. The summed E-state index contributed by atoms with van der Waals surface area (Å²) in [7, 11) is 0. The number of hydrogen-bond donors (Lipinski definition) is 0. The van der Waals surface area contributed by atoms with E-state index in [4.69, 9.17) is 4.74 Å². The van der Waals surface area contributed by atoms with E-state index >= 15 is 0 Å². The molecule has 1 unspecified atom stereocenters. The first-order chi connectivity index (χ1) is 12.8. The van der Waals surface area contributed by atoms with Crippen molar-refractivity contribution in [2.75, 3.05) is 31.1 Å². The van der Waals surface area contributed by atoms with Crippen LogP contribution in [-0.4, -0.2) is 63.3 Å². The molecule has 26 heavy (non-hydrogen) atoms. The molecule has 5 rings (SSSR count). The number of amides is 1. The van der Waals surface area contributed by atoms with Crippen LogP contribution in [0.1, 0.15) is 36.9 Å². The van der Waals surface area contributed by atoms with Gasteiger partial charge in [0.2, 0.25) is 0 Å². The fraction of sp³-hybridized carbons (Fsp3) is 0.556. The van der Waals surface area contributed by atoms with Crippen LogP contribution in [0.25, 0.3) is 0 Å². The number of aromatic nitrogens is 4. The van der Waals surface area contributed by atoms with E-state index in [9.17, 15) is 4.79 Å². The molecular weight excluding hydrogens is 332 g/mol. The van der Waals surface area contributed by atoms with Gasteiger partial charge in [-0.25, -0.2) is 14.5 Å². The molecule has 2 aliphatic heterocycles.